The summed E-state index contributed by atoms with van der Waals surface area (Å²) in [6.45, 7) is -0.277. The lowest BCUT2D eigenvalue weighted by Crippen LogP contribution is -2.14. The van der Waals surface area contributed by atoms with E-state index < -0.39 is 23.1 Å². The van der Waals surface area contributed by atoms with Gasteiger partial charge in [0.2, 0.25) is 0 Å². The fourth-order valence-corrected chi connectivity index (χ4v) is 1.85. The van der Waals surface area contributed by atoms with E-state index in [-0.39, 0.29) is 6.61 Å². The predicted octanol–water partition coefficient (Wildman–Crippen LogP) is 2.72. The highest BCUT2D eigenvalue weighted by Crippen LogP contribution is 2.23. The Hall–Kier alpha value is -2.47. The first-order valence-corrected chi connectivity index (χ1v) is 6.09. The van der Waals surface area contributed by atoms with Crippen LogP contribution >= 0.6 is 0 Å². The van der Waals surface area contributed by atoms with Gasteiger partial charge in [-0.25, -0.2) is 8.78 Å². The molecule has 1 amide bonds. The number of anilines is 1. The number of rotatable bonds is 4. The van der Waals surface area contributed by atoms with Crippen LogP contribution in [0.4, 0.5) is 14.5 Å². The normalized spacial score (nSPS) is 10.3. The van der Waals surface area contributed by atoms with Crippen LogP contribution in [0.3, 0.4) is 0 Å². The van der Waals surface area contributed by atoms with Crippen LogP contribution in [-0.4, -0.2) is 18.1 Å². The Morgan fingerprint density at radius 3 is 2.67 bits per heavy atom. The number of carbonyl (C=O) groups is 1. The Bertz CT molecular complexity index is 674. The molecule has 0 radical (unpaired) electrons. The number of aliphatic hydroxyl groups is 1. The van der Waals surface area contributed by atoms with Gasteiger partial charge in [-0.2, -0.15) is 0 Å². The van der Waals surface area contributed by atoms with Crippen LogP contribution in [0, 0.1) is 11.6 Å². The van der Waals surface area contributed by atoms with Crippen molar-refractivity contribution in [3.8, 4) is 5.75 Å². The second-order valence-corrected chi connectivity index (χ2v) is 4.26. The first-order chi connectivity index (χ1) is 10.0. The van der Waals surface area contributed by atoms with Crippen molar-refractivity contribution in [1.29, 1.82) is 0 Å². The highest BCUT2D eigenvalue weighted by atomic mass is 19.1. The van der Waals surface area contributed by atoms with E-state index in [1.165, 1.54) is 19.2 Å². The van der Waals surface area contributed by atoms with Crippen molar-refractivity contribution in [3.05, 3.63) is 59.2 Å². The van der Waals surface area contributed by atoms with Gasteiger partial charge < -0.3 is 15.2 Å². The standard InChI is InChI=1S/C15H13F2NO3/c1-21-14-5-3-11(6-9(14)8-19)18-15(20)12-7-10(16)2-4-13(12)17/h2-7,19H,8H2,1H3,(H,18,20). The Kier molecular flexibility index (Phi) is 4.49. The molecule has 0 aliphatic heterocycles. The van der Waals surface area contributed by atoms with Crippen molar-refractivity contribution in [2.75, 3.05) is 12.4 Å². The fourth-order valence-electron chi connectivity index (χ4n) is 1.85. The van der Waals surface area contributed by atoms with Crippen LogP contribution in [0.15, 0.2) is 36.4 Å². The van der Waals surface area contributed by atoms with Crippen LogP contribution in [0.1, 0.15) is 15.9 Å². The average Bonchev–Trinajstić information content (AvgIpc) is 2.49. The summed E-state index contributed by atoms with van der Waals surface area (Å²) >= 11 is 0. The first kappa shape index (κ1) is 14.9. The van der Waals surface area contributed by atoms with Gasteiger partial charge in [-0.3, -0.25) is 4.79 Å². The Labute approximate surface area is 120 Å². The van der Waals surface area contributed by atoms with Crippen molar-refractivity contribution in [2.45, 2.75) is 6.61 Å². The molecule has 0 aromatic heterocycles. The molecular weight excluding hydrogens is 280 g/mol. The average molecular weight is 293 g/mol. The van der Waals surface area contributed by atoms with Crippen LogP contribution in [-0.2, 0) is 6.61 Å². The summed E-state index contributed by atoms with van der Waals surface area (Å²) in [5.74, 6) is -1.83. The largest absolute Gasteiger partial charge is 0.496 e. The van der Waals surface area contributed by atoms with E-state index in [0.717, 1.165) is 18.2 Å². The number of carbonyl (C=O) groups excluding carboxylic acids is 1. The van der Waals surface area contributed by atoms with Gasteiger partial charge in [-0.05, 0) is 36.4 Å². The fraction of sp³-hybridized carbons (Fsp3) is 0.133. The third kappa shape index (κ3) is 3.35. The van der Waals surface area contributed by atoms with Gasteiger partial charge in [0, 0.05) is 11.3 Å². The molecule has 0 heterocycles. The molecule has 4 nitrogen and oxygen atoms in total. The van der Waals surface area contributed by atoms with E-state index in [1.54, 1.807) is 6.07 Å². The molecule has 21 heavy (non-hydrogen) atoms. The van der Waals surface area contributed by atoms with Crippen LogP contribution in [0.2, 0.25) is 0 Å². The molecule has 0 atom stereocenters. The van der Waals surface area contributed by atoms with E-state index in [2.05, 4.69) is 5.32 Å². The van der Waals surface area contributed by atoms with E-state index in [1.807, 2.05) is 0 Å². The second-order valence-electron chi connectivity index (χ2n) is 4.26. The van der Waals surface area contributed by atoms with E-state index in [0.29, 0.717) is 17.0 Å². The molecule has 0 saturated heterocycles. The number of aliphatic hydroxyl groups excluding tert-OH is 1. The number of hydrogen-bond donors (Lipinski definition) is 2. The first-order valence-electron chi connectivity index (χ1n) is 6.09. The molecule has 0 spiro atoms. The summed E-state index contributed by atoms with van der Waals surface area (Å²) in [4.78, 5) is 11.9. The number of methoxy groups -OCH3 is 1. The highest BCUT2D eigenvalue weighted by molar-refractivity contribution is 6.04. The van der Waals surface area contributed by atoms with Gasteiger partial charge in [0.15, 0.2) is 0 Å². The number of halogens is 2. The second kappa shape index (κ2) is 6.32. The zero-order valence-corrected chi connectivity index (χ0v) is 11.2. The van der Waals surface area contributed by atoms with E-state index >= 15 is 0 Å². The van der Waals surface area contributed by atoms with Crippen LogP contribution in [0.5, 0.6) is 5.75 Å². The lowest BCUT2D eigenvalue weighted by atomic mass is 10.1. The van der Waals surface area contributed by atoms with E-state index in [9.17, 15) is 18.7 Å². The van der Waals surface area contributed by atoms with Crippen LogP contribution < -0.4 is 10.1 Å². The predicted molar refractivity (Wildman–Crippen MR) is 73.2 cm³/mol. The quantitative estimate of drug-likeness (QED) is 0.911. The molecule has 0 bridgehead atoms. The maximum Gasteiger partial charge on any atom is 0.258 e. The number of ether oxygens (including phenoxy) is 1. The minimum absolute atomic E-state index is 0.277. The smallest absolute Gasteiger partial charge is 0.258 e. The summed E-state index contributed by atoms with van der Waals surface area (Å²) in [6.07, 6.45) is 0. The zero-order valence-electron chi connectivity index (χ0n) is 11.2. The highest BCUT2D eigenvalue weighted by Gasteiger charge is 2.14. The van der Waals surface area contributed by atoms with Crippen molar-refractivity contribution in [3.63, 3.8) is 0 Å². The summed E-state index contributed by atoms with van der Waals surface area (Å²) in [7, 11) is 1.45. The van der Waals surface area contributed by atoms with Gasteiger partial charge in [-0.15, -0.1) is 0 Å². The number of hydrogen-bond acceptors (Lipinski definition) is 3. The third-order valence-corrected chi connectivity index (χ3v) is 2.88. The summed E-state index contributed by atoms with van der Waals surface area (Å²) in [6, 6.07) is 7.23. The number of benzene rings is 2. The van der Waals surface area contributed by atoms with Gasteiger partial charge in [0.25, 0.3) is 5.91 Å². The number of amides is 1. The van der Waals surface area contributed by atoms with E-state index in [4.69, 9.17) is 4.74 Å². The molecule has 110 valence electrons. The number of nitrogens with one attached hydrogen (secondary N) is 1. The van der Waals surface area contributed by atoms with Crippen molar-refractivity contribution in [1.82, 2.24) is 0 Å². The topological polar surface area (TPSA) is 58.6 Å². The molecule has 2 aromatic rings. The lowest BCUT2D eigenvalue weighted by molar-refractivity contribution is 0.102. The van der Waals surface area contributed by atoms with Crippen molar-refractivity contribution >= 4 is 11.6 Å². The SMILES string of the molecule is COc1ccc(NC(=O)c2cc(F)ccc2F)cc1CO. The van der Waals surface area contributed by atoms with Crippen molar-refractivity contribution in [2.24, 2.45) is 0 Å². The minimum Gasteiger partial charge on any atom is -0.496 e. The third-order valence-electron chi connectivity index (χ3n) is 2.88. The van der Waals surface area contributed by atoms with Gasteiger partial charge in [0.05, 0.1) is 19.3 Å². The Morgan fingerprint density at radius 2 is 2.00 bits per heavy atom. The Balaban J connectivity index is 2.25. The molecular formula is C15H13F2NO3. The maximum absolute atomic E-state index is 13.5. The van der Waals surface area contributed by atoms with Gasteiger partial charge in [0.1, 0.15) is 17.4 Å². The molecule has 0 unspecified atom stereocenters. The zero-order chi connectivity index (χ0) is 15.4. The minimum atomic E-state index is -0.815. The molecule has 0 saturated carbocycles. The molecule has 0 aliphatic carbocycles. The summed E-state index contributed by atoms with van der Waals surface area (Å²) < 4.78 is 31.6. The maximum atomic E-state index is 13.5. The summed E-state index contributed by atoms with van der Waals surface area (Å²) in [5, 5.41) is 11.6. The monoisotopic (exact) mass is 293 g/mol. The van der Waals surface area contributed by atoms with Gasteiger partial charge >= 0.3 is 0 Å². The molecule has 2 aromatic carbocycles. The van der Waals surface area contributed by atoms with Gasteiger partial charge in [-0.1, -0.05) is 0 Å². The summed E-state index contributed by atoms with van der Waals surface area (Å²) in [5.41, 5.74) is 0.417. The van der Waals surface area contributed by atoms with Crippen molar-refractivity contribution < 1.29 is 23.4 Å². The van der Waals surface area contributed by atoms with Crippen LogP contribution in [0.25, 0.3) is 0 Å². The molecule has 2 N–H and O–H groups in total. The lowest BCUT2D eigenvalue weighted by Gasteiger charge is -2.10. The Morgan fingerprint density at radius 1 is 1.24 bits per heavy atom. The molecule has 6 heteroatoms. The molecule has 0 fully saturated rings. The molecule has 2 rings (SSSR count). The molecule has 0 aliphatic rings.